The molecule has 1 aliphatic heterocycles. The van der Waals surface area contributed by atoms with Crippen molar-refractivity contribution in [3.8, 4) is 23.3 Å². The highest BCUT2D eigenvalue weighted by Crippen LogP contribution is 2.29. The molecular formula is C23H21N5O3. The lowest BCUT2D eigenvalue weighted by Crippen LogP contribution is -2.32. The molecule has 0 saturated carbocycles. The first-order valence-corrected chi connectivity index (χ1v) is 9.97. The molecule has 3 aromatic rings. The topological polar surface area (TPSA) is 98.2 Å². The second-order valence-corrected chi connectivity index (χ2v) is 7.34. The van der Waals surface area contributed by atoms with Crippen LogP contribution in [-0.4, -0.2) is 33.1 Å². The number of allylic oxidation sites excluding steroid dienone is 1. The van der Waals surface area contributed by atoms with E-state index in [4.69, 9.17) is 4.52 Å². The van der Waals surface area contributed by atoms with Gasteiger partial charge in [0.15, 0.2) is 5.82 Å². The molecule has 1 fully saturated rings. The SMILES string of the molecule is Cc1ccc([N+](=O)[O-])c(N2CCC(=CC#Cc3cccc(-c4nc(C)no4)c3)CC2)n1. The van der Waals surface area contributed by atoms with Gasteiger partial charge in [-0.1, -0.05) is 28.6 Å². The second kappa shape index (κ2) is 8.79. The zero-order chi connectivity index (χ0) is 21.8. The molecule has 1 aliphatic rings. The normalized spacial score (nSPS) is 13.5. The van der Waals surface area contributed by atoms with E-state index < -0.39 is 0 Å². The summed E-state index contributed by atoms with van der Waals surface area (Å²) in [5.41, 5.74) is 3.74. The maximum absolute atomic E-state index is 11.3. The standard InChI is InChI=1S/C23H21N5O3/c1-16-9-10-21(28(29)30)22(24-16)27-13-11-18(12-14-27)5-3-6-19-7-4-8-20(15-19)23-25-17(2)26-31-23/h4-5,7-10,15H,11-14H2,1-2H3. The molecule has 0 unspecified atom stereocenters. The van der Waals surface area contributed by atoms with Gasteiger partial charge in [-0.25, -0.2) is 4.98 Å². The molecule has 156 valence electrons. The molecule has 0 bridgehead atoms. The Labute approximate surface area is 179 Å². The van der Waals surface area contributed by atoms with Crippen LogP contribution in [0.4, 0.5) is 11.5 Å². The first-order chi connectivity index (χ1) is 15.0. The molecule has 0 spiro atoms. The molecule has 31 heavy (non-hydrogen) atoms. The van der Waals surface area contributed by atoms with Crippen LogP contribution in [0.15, 0.2) is 52.6 Å². The number of rotatable bonds is 3. The van der Waals surface area contributed by atoms with E-state index in [-0.39, 0.29) is 10.6 Å². The largest absolute Gasteiger partial charge is 0.350 e. The highest BCUT2D eigenvalue weighted by Gasteiger charge is 2.23. The Morgan fingerprint density at radius 2 is 1.97 bits per heavy atom. The molecule has 3 heterocycles. The van der Waals surface area contributed by atoms with E-state index in [0.717, 1.165) is 29.7 Å². The average molecular weight is 415 g/mol. The average Bonchev–Trinajstić information content (AvgIpc) is 3.20. The van der Waals surface area contributed by atoms with Gasteiger partial charge < -0.3 is 9.42 Å². The number of hydrogen-bond donors (Lipinski definition) is 0. The second-order valence-electron chi connectivity index (χ2n) is 7.34. The Balaban J connectivity index is 1.43. The Hall–Kier alpha value is -3.99. The van der Waals surface area contributed by atoms with Gasteiger partial charge in [0.25, 0.3) is 5.89 Å². The number of aryl methyl sites for hydroxylation is 2. The Bertz CT molecular complexity index is 1210. The van der Waals surface area contributed by atoms with Gasteiger partial charge in [-0.15, -0.1) is 0 Å². The zero-order valence-electron chi connectivity index (χ0n) is 17.3. The van der Waals surface area contributed by atoms with Crippen LogP contribution in [-0.2, 0) is 0 Å². The molecule has 8 nitrogen and oxygen atoms in total. The smallest absolute Gasteiger partial charge is 0.311 e. The summed E-state index contributed by atoms with van der Waals surface area (Å²) < 4.78 is 5.21. The van der Waals surface area contributed by atoms with Crippen molar-refractivity contribution in [3.63, 3.8) is 0 Å². The number of benzene rings is 1. The summed E-state index contributed by atoms with van der Waals surface area (Å²) in [5, 5.41) is 15.1. The van der Waals surface area contributed by atoms with E-state index in [9.17, 15) is 10.1 Å². The van der Waals surface area contributed by atoms with Crippen LogP contribution in [0.5, 0.6) is 0 Å². The lowest BCUT2D eigenvalue weighted by Gasteiger charge is -2.28. The van der Waals surface area contributed by atoms with Gasteiger partial charge in [-0.05, 0) is 57.0 Å². The first kappa shape index (κ1) is 20.3. The van der Waals surface area contributed by atoms with Gasteiger partial charge in [0.1, 0.15) is 0 Å². The predicted octanol–water partition coefficient (Wildman–Crippen LogP) is 4.23. The van der Waals surface area contributed by atoms with Crippen LogP contribution in [0.2, 0.25) is 0 Å². The van der Waals surface area contributed by atoms with Crippen molar-refractivity contribution in [2.24, 2.45) is 0 Å². The highest BCUT2D eigenvalue weighted by atomic mass is 16.6. The number of aromatic nitrogens is 3. The van der Waals surface area contributed by atoms with E-state index in [2.05, 4.69) is 27.0 Å². The van der Waals surface area contributed by atoms with Gasteiger partial charge >= 0.3 is 5.69 Å². The minimum atomic E-state index is -0.373. The van der Waals surface area contributed by atoms with Crippen molar-refractivity contribution in [2.45, 2.75) is 26.7 Å². The zero-order valence-corrected chi connectivity index (χ0v) is 17.3. The minimum Gasteiger partial charge on any atom is -0.350 e. The molecule has 0 aliphatic carbocycles. The maximum Gasteiger partial charge on any atom is 0.311 e. The lowest BCUT2D eigenvalue weighted by atomic mass is 10.0. The summed E-state index contributed by atoms with van der Waals surface area (Å²) in [6, 6.07) is 10.9. The molecule has 1 saturated heterocycles. The van der Waals surface area contributed by atoms with Crippen LogP contribution in [0, 0.1) is 35.8 Å². The summed E-state index contributed by atoms with van der Waals surface area (Å²) in [6.45, 7) is 4.97. The Kier molecular flexibility index (Phi) is 5.76. The van der Waals surface area contributed by atoms with E-state index in [1.54, 1.807) is 13.0 Å². The number of nitro groups is 1. The van der Waals surface area contributed by atoms with Crippen molar-refractivity contribution >= 4 is 11.5 Å². The number of piperidine rings is 1. The molecule has 8 heteroatoms. The molecular weight excluding hydrogens is 394 g/mol. The third kappa shape index (κ3) is 4.78. The summed E-state index contributed by atoms with van der Waals surface area (Å²) in [7, 11) is 0. The van der Waals surface area contributed by atoms with Crippen LogP contribution in [0.25, 0.3) is 11.5 Å². The van der Waals surface area contributed by atoms with Crippen molar-refractivity contribution < 1.29 is 9.45 Å². The highest BCUT2D eigenvalue weighted by molar-refractivity contribution is 5.59. The number of nitrogens with zero attached hydrogens (tertiary/aromatic N) is 5. The van der Waals surface area contributed by atoms with E-state index in [1.165, 1.54) is 11.6 Å². The van der Waals surface area contributed by atoms with Crippen molar-refractivity contribution in [3.05, 3.63) is 75.2 Å². The van der Waals surface area contributed by atoms with Crippen molar-refractivity contribution in [1.82, 2.24) is 15.1 Å². The third-order valence-electron chi connectivity index (χ3n) is 5.03. The Morgan fingerprint density at radius 1 is 1.16 bits per heavy atom. The Morgan fingerprint density at radius 3 is 2.68 bits per heavy atom. The van der Waals surface area contributed by atoms with Crippen LogP contribution >= 0.6 is 0 Å². The van der Waals surface area contributed by atoms with Gasteiger partial charge in [-0.3, -0.25) is 10.1 Å². The van der Waals surface area contributed by atoms with E-state index in [1.807, 2.05) is 42.2 Å². The molecule has 0 atom stereocenters. The number of anilines is 1. The first-order valence-electron chi connectivity index (χ1n) is 9.97. The number of pyridine rings is 1. The van der Waals surface area contributed by atoms with Crippen molar-refractivity contribution in [1.29, 1.82) is 0 Å². The number of hydrogen-bond acceptors (Lipinski definition) is 7. The molecule has 2 aromatic heterocycles. The van der Waals surface area contributed by atoms with E-state index >= 15 is 0 Å². The van der Waals surface area contributed by atoms with Crippen LogP contribution in [0.3, 0.4) is 0 Å². The van der Waals surface area contributed by atoms with Crippen molar-refractivity contribution in [2.75, 3.05) is 18.0 Å². The summed E-state index contributed by atoms with van der Waals surface area (Å²) in [4.78, 5) is 21.6. The van der Waals surface area contributed by atoms with Gasteiger partial charge in [0.05, 0.1) is 4.92 Å². The molecule has 1 aromatic carbocycles. The fourth-order valence-electron chi connectivity index (χ4n) is 3.43. The third-order valence-corrected chi connectivity index (χ3v) is 5.03. The molecule has 0 amide bonds. The fourth-order valence-corrected chi connectivity index (χ4v) is 3.43. The monoisotopic (exact) mass is 415 g/mol. The molecule has 0 radical (unpaired) electrons. The summed E-state index contributed by atoms with van der Waals surface area (Å²) in [5.74, 6) is 7.80. The van der Waals surface area contributed by atoms with Gasteiger partial charge in [-0.2, -0.15) is 4.98 Å². The van der Waals surface area contributed by atoms with Gasteiger partial charge in [0, 0.05) is 36.0 Å². The molecule has 4 rings (SSSR count). The lowest BCUT2D eigenvalue weighted by molar-refractivity contribution is -0.384. The minimum absolute atomic E-state index is 0.0501. The summed E-state index contributed by atoms with van der Waals surface area (Å²) >= 11 is 0. The maximum atomic E-state index is 11.3. The fraction of sp³-hybridized carbons (Fsp3) is 0.261. The summed E-state index contributed by atoms with van der Waals surface area (Å²) in [6.07, 6.45) is 3.53. The van der Waals surface area contributed by atoms with Crippen LogP contribution < -0.4 is 4.90 Å². The van der Waals surface area contributed by atoms with E-state index in [0.29, 0.717) is 30.6 Å². The molecule has 0 N–H and O–H groups in total. The quantitative estimate of drug-likeness (QED) is 0.358. The van der Waals surface area contributed by atoms with Gasteiger partial charge in [0.2, 0.25) is 5.82 Å². The van der Waals surface area contributed by atoms with Crippen LogP contribution in [0.1, 0.15) is 29.9 Å². The predicted molar refractivity (Wildman–Crippen MR) is 117 cm³/mol.